The van der Waals surface area contributed by atoms with Crippen molar-refractivity contribution in [2.24, 2.45) is 0 Å². The van der Waals surface area contributed by atoms with Crippen molar-refractivity contribution in [2.45, 2.75) is 57.5 Å². The molecule has 0 amide bonds. The lowest BCUT2D eigenvalue weighted by Gasteiger charge is -2.24. The fraction of sp³-hybridized carbons (Fsp3) is 0.800. The SMILES string of the molecule is CC(CN1CCCC1)n1ccnc1NC1CCCC1. The average Bonchev–Trinajstić information content (AvgIpc) is 3.10. The van der Waals surface area contributed by atoms with E-state index in [0.717, 1.165) is 12.5 Å². The molecule has 2 aliphatic rings. The second-order valence-corrected chi connectivity index (χ2v) is 6.14. The largest absolute Gasteiger partial charge is 0.353 e. The maximum absolute atomic E-state index is 4.51. The molecule has 1 aromatic heterocycles. The van der Waals surface area contributed by atoms with Crippen LogP contribution in [0.1, 0.15) is 51.5 Å². The Morgan fingerprint density at radius 3 is 2.74 bits per heavy atom. The minimum absolute atomic E-state index is 0.504. The Hall–Kier alpha value is -1.03. The number of anilines is 1. The van der Waals surface area contributed by atoms with Crippen LogP contribution in [0.2, 0.25) is 0 Å². The van der Waals surface area contributed by atoms with Gasteiger partial charge in [-0.3, -0.25) is 0 Å². The van der Waals surface area contributed by atoms with Gasteiger partial charge in [-0.25, -0.2) is 4.98 Å². The van der Waals surface area contributed by atoms with Gasteiger partial charge in [0.25, 0.3) is 0 Å². The molecule has 1 unspecified atom stereocenters. The summed E-state index contributed by atoms with van der Waals surface area (Å²) < 4.78 is 2.32. The molecule has 4 nitrogen and oxygen atoms in total. The van der Waals surface area contributed by atoms with E-state index >= 15 is 0 Å². The predicted molar refractivity (Wildman–Crippen MR) is 78.5 cm³/mol. The summed E-state index contributed by atoms with van der Waals surface area (Å²) in [5, 5.41) is 3.63. The zero-order chi connectivity index (χ0) is 13.1. The van der Waals surface area contributed by atoms with E-state index in [1.54, 1.807) is 0 Å². The van der Waals surface area contributed by atoms with Gasteiger partial charge < -0.3 is 14.8 Å². The van der Waals surface area contributed by atoms with E-state index in [1.807, 2.05) is 6.20 Å². The summed E-state index contributed by atoms with van der Waals surface area (Å²) in [6.45, 7) is 5.99. The van der Waals surface area contributed by atoms with Crippen LogP contribution < -0.4 is 5.32 Å². The molecule has 2 heterocycles. The Balaban J connectivity index is 1.61. The first-order valence-corrected chi connectivity index (χ1v) is 7.84. The van der Waals surface area contributed by atoms with Crippen LogP contribution in [0.25, 0.3) is 0 Å². The monoisotopic (exact) mass is 262 g/mol. The first-order valence-electron chi connectivity index (χ1n) is 7.84. The van der Waals surface area contributed by atoms with Crippen molar-refractivity contribution in [3.05, 3.63) is 12.4 Å². The van der Waals surface area contributed by atoms with Crippen LogP contribution in [-0.4, -0.2) is 40.1 Å². The van der Waals surface area contributed by atoms with E-state index in [4.69, 9.17) is 0 Å². The number of rotatable bonds is 5. The lowest BCUT2D eigenvalue weighted by Crippen LogP contribution is -2.28. The molecule has 0 bridgehead atoms. The molecule has 2 fully saturated rings. The number of likely N-dealkylation sites (tertiary alicyclic amines) is 1. The Morgan fingerprint density at radius 2 is 2.00 bits per heavy atom. The van der Waals surface area contributed by atoms with Crippen LogP contribution in [0.15, 0.2) is 12.4 Å². The Labute approximate surface area is 116 Å². The van der Waals surface area contributed by atoms with Crippen molar-refractivity contribution in [3.8, 4) is 0 Å². The van der Waals surface area contributed by atoms with Crippen LogP contribution in [0, 0.1) is 0 Å². The quantitative estimate of drug-likeness (QED) is 0.885. The number of hydrogen-bond acceptors (Lipinski definition) is 3. The second-order valence-electron chi connectivity index (χ2n) is 6.14. The molecular weight excluding hydrogens is 236 g/mol. The topological polar surface area (TPSA) is 33.1 Å². The second kappa shape index (κ2) is 5.95. The number of nitrogens with one attached hydrogen (secondary N) is 1. The van der Waals surface area contributed by atoms with Crippen molar-refractivity contribution < 1.29 is 0 Å². The van der Waals surface area contributed by atoms with Crippen molar-refractivity contribution in [3.63, 3.8) is 0 Å². The van der Waals surface area contributed by atoms with Gasteiger partial charge in [0.1, 0.15) is 0 Å². The molecule has 19 heavy (non-hydrogen) atoms. The summed E-state index contributed by atoms with van der Waals surface area (Å²) in [6, 6.07) is 1.14. The van der Waals surface area contributed by atoms with Crippen LogP contribution in [0.4, 0.5) is 5.95 Å². The summed E-state index contributed by atoms with van der Waals surface area (Å²) in [4.78, 5) is 7.08. The smallest absolute Gasteiger partial charge is 0.203 e. The normalized spacial score (nSPS) is 23.0. The van der Waals surface area contributed by atoms with Crippen LogP contribution in [-0.2, 0) is 0 Å². The molecule has 0 aromatic carbocycles. The fourth-order valence-electron chi connectivity index (χ4n) is 3.46. The molecule has 4 heteroatoms. The third kappa shape index (κ3) is 3.11. The number of nitrogens with zero attached hydrogens (tertiary/aromatic N) is 3. The van der Waals surface area contributed by atoms with Gasteiger partial charge in [0.15, 0.2) is 0 Å². The minimum Gasteiger partial charge on any atom is -0.353 e. The average molecular weight is 262 g/mol. The lowest BCUT2D eigenvalue weighted by molar-refractivity contribution is 0.288. The summed E-state index contributed by atoms with van der Waals surface area (Å²) in [6.07, 6.45) is 12.1. The molecule has 106 valence electrons. The molecule has 1 saturated heterocycles. The van der Waals surface area contributed by atoms with Crippen molar-refractivity contribution in [1.82, 2.24) is 14.5 Å². The maximum atomic E-state index is 4.51. The van der Waals surface area contributed by atoms with E-state index in [2.05, 4.69) is 32.9 Å². The van der Waals surface area contributed by atoms with Crippen molar-refractivity contribution >= 4 is 5.95 Å². The third-order valence-electron chi connectivity index (χ3n) is 4.55. The Bertz CT molecular complexity index is 389. The minimum atomic E-state index is 0.504. The van der Waals surface area contributed by atoms with E-state index in [1.165, 1.54) is 51.6 Å². The Morgan fingerprint density at radius 1 is 1.26 bits per heavy atom. The highest BCUT2D eigenvalue weighted by molar-refractivity contribution is 5.28. The first kappa shape index (κ1) is 13.0. The number of hydrogen-bond donors (Lipinski definition) is 1. The molecule has 1 aliphatic heterocycles. The van der Waals surface area contributed by atoms with E-state index in [0.29, 0.717) is 12.1 Å². The molecule has 0 radical (unpaired) electrons. The zero-order valence-corrected chi connectivity index (χ0v) is 12.0. The van der Waals surface area contributed by atoms with Crippen molar-refractivity contribution in [2.75, 3.05) is 25.0 Å². The van der Waals surface area contributed by atoms with E-state index in [-0.39, 0.29) is 0 Å². The number of imidazole rings is 1. The molecular formula is C15H26N4. The van der Waals surface area contributed by atoms with Gasteiger partial charge in [-0.15, -0.1) is 0 Å². The predicted octanol–water partition coefficient (Wildman–Crippen LogP) is 2.89. The molecule has 1 aromatic rings. The van der Waals surface area contributed by atoms with Gasteiger partial charge in [0.2, 0.25) is 5.95 Å². The third-order valence-corrected chi connectivity index (χ3v) is 4.55. The molecule has 1 saturated carbocycles. The van der Waals surface area contributed by atoms with E-state index < -0.39 is 0 Å². The number of aromatic nitrogens is 2. The highest BCUT2D eigenvalue weighted by atomic mass is 15.2. The molecule has 3 rings (SSSR count). The van der Waals surface area contributed by atoms with Gasteiger partial charge in [-0.1, -0.05) is 12.8 Å². The summed E-state index contributed by atoms with van der Waals surface area (Å²) >= 11 is 0. The zero-order valence-electron chi connectivity index (χ0n) is 12.0. The molecule has 1 atom stereocenters. The van der Waals surface area contributed by atoms with Crippen molar-refractivity contribution in [1.29, 1.82) is 0 Å². The molecule has 0 spiro atoms. The van der Waals surface area contributed by atoms with E-state index in [9.17, 15) is 0 Å². The summed E-state index contributed by atoms with van der Waals surface area (Å²) in [5.41, 5.74) is 0. The van der Waals surface area contributed by atoms with Gasteiger partial charge in [-0.05, 0) is 45.7 Å². The first-order chi connectivity index (χ1) is 9.33. The Kier molecular flexibility index (Phi) is 4.06. The highest BCUT2D eigenvalue weighted by Gasteiger charge is 2.20. The van der Waals surface area contributed by atoms with Crippen LogP contribution >= 0.6 is 0 Å². The molecule has 1 aliphatic carbocycles. The maximum Gasteiger partial charge on any atom is 0.203 e. The van der Waals surface area contributed by atoms with Gasteiger partial charge >= 0.3 is 0 Å². The van der Waals surface area contributed by atoms with Crippen LogP contribution in [0.5, 0.6) is 0 Å². The highest BCUT2D eigenvalue weighted by Crippen LogP contribution is 2.23. The molecule has 1 N–H and O–H groups in total. The summed E-state index contributed by atoms with van der Waals surface area (Å²) in [7, 11) is 0. The van der Waals surface area contributed by atoms with Crippen LogP contribution in [0.3, 0.4) is 0 Å². The summed E-state index contributed by atoms with van der Waals surface area (Å²) in [5.74, 6) is 1.07. The lowest BCUT2D eigenvalue weighted by atomic mass is 10.2. The van der Waals surface area contributed by atoms with Gasteiger partial charge in [0, 0.05) is 31.0 Å². The fourth-order valence-corrected chi connectivity index (χ4v) is 3.46. The standard InChI is InChI=1S/C15H26N4/c1-13(12-18-9-4-5-10-18)19-11-8-16-15(19)17-14-6-2-3-7-14/h8,11,13-14H,2-7,9-10,12H2,1H3,(H,16,17). The van der Waals surface area contributed by atoms with Gasteiger partial charge in [-0.2, -0.15) is 0 Å². The van der Waals surface area contributed by atoms with Gasteiger partial charge in [0.05, 0.1) is 0 Å².